The minimum Gasteiger partial charge on any atom is -0.256 e. The molecule has 0 bridgehead atoms. The van der Waals surface area contributed by atoms with Crippen LogP contribution in [-0.4, -0.2) is 4.98 Å². The van der Waals surface area contributed by atoms with Gasteiger partial charge >= 0.3 is 0 Å². The van der Waals surface area contributed by atoms with Crippen molar-refractivity contribution in [3.63, 3.8) is 0 Å². The van der Waals surface area contributed by atoms with E-state index >= 15 is 0 Å². The van der Waals surface area contributed by atoms with Gasteiger partial charge in [-0.2, -0.15) is 0 Å². The lowest BCUT2D eigenvalue weighted by Gasteiger charge is -2.04. The summed E-state index contributed by atoms with van der Waals surface area (Å²) in [6.45, 7) is 2.07. The molecule has 2 rings (SSSR count). The van der Waals surface area contributed by atoms with Gasteiger partial charge in [0.2, 0.25) is 0 Å². The normalized spacial score (nSPS) is 10.1. The first-order valence-electron chi connectivity index (χ1n) is 4.45. The van der Waals surface area contributed by atoms with Crippen molar-refractivity contribution in [1.82, 2.24) is 4.98 Å². The molecule has 0 radical (unpaired) electrons. The van der Waals surface area contributed by atoms with Crippen LogP contribution in [0.15, 0.2) is 42.6 Å². The number of aromatic nitrogens is 1. The summed E-state index contributed by atoms with van der Waals surface area (Å²) in [6.07, 6.45) is 1.73. The number of aryl methyl sites for hydroxylation is 1. The number of pyridine rings is 1. The Kier molecular flexibility index (Phi) is 2.51. The van der Waals surface area contributed by atoms with Gasteiger partial charge < -0.3 is 0 Å². The second-order valence-corrected chi connectivity index (χ2v) is 3.61. The second kappa shape index (κ2) is 3.81. The molecule has 0 aliphatic rings. The highest BCUT2D eigenvalue weighted by atomic mass is 35.5. The van der Waals surface area contributed by atoms with Gasteiger partial charge in [-0.1, -0.05) is 35.9 Å². The predicted octanol–water partition coefficient (Wildman–Crippen LogP) is 3.71. The van der Waals surface area contributed by atoms with E-state index in [1.807, 2.05) is 24.3 Å². The summed E-state index contributed by atoms with van der Waals surface area (Å²) in [7, 11) is 0. The van der Waals surface area contributed by atoms with Crippen molar-refractivity contribution in [3.8, 4) is 11.3 Å². The first-order chi connectivity index (χ1) is 6.77. The van der Waals surface area contributed by atoms with E-state index in [0.717, 1.165) is 16.3 Å². The molecule has 1 heterocycles. The molecule has 0 spiro atoms. The van der Waals surface area contributed by atoms with Gasteiger partial charge in [-0.05, 0) is 24.6 Å². The van der Waals surface area contributed by atoms with Crippen LogP contribution in [0, 0.1) is 6.92 Å². The molecule has 2 aromatic rings. The zero-order valence-corrected chi connectivity index (χ0v) is 8.62. The molecule has 1 aromatic carbocycles. The van der Waals surface area contributed by atoms with Crippen LogP contribution in [0.2, 0.25) is 5.02 Å². The molecule has 1 nitrogen and oxygen atoms in total. The molecule has 0 N–H and O–H groups in total. The summed E-state index contributed by atoms with van der Waals surface area (Å²) in [4.78, 5) is 4.29. The van der Waals surface area contributed by atoms with E-state index in [1.54, 1.807) is 12.3 Å². The van der Waals surface area contributed by atoms with Crippen molar-refractivity contribution in [1.29, 1.82) is 0 Å². The fourth-order valence-corrected chi connectivity index (χ4v) is 1.57. The van der Waals surface area contributed by atoms with Gasteiger partial charge in [0.25, 0.3) is 0 Å². The largest absolute Gasteiger partial charge is 0.256 e. The topological polar surface area (TPSA) is 12.9 Å². The highest BCUT2D eigenvalue weighted by Crippen LogP contribution is 2.22. The third-order valence-electron chi connectivity index (χ3n) is 2.14. The fourth-order valence-electron chi connectivity index (χ4n) is 1.41. The quantitative estimate of drug-likeness (QED) is 0.689. The van der Waals surface area contributed by atoms with Gasteiger partial charge in [-0.15, -0.1) is 0 Å². The molecular weight excluding hydrogens is 194 g/mol. The second-order valence-electron chi connectivity index (χ2n) is 3.17. The van der Waals surface area contributed by atoms with E-state index in [-0.39, 0.29) is 0 Å². The molecule has 0 saturated heterocycles. The average molecular weight is 204 g/mol. The number of rotatable bonds is 1. The van der Waals surface area contributed by atoms with E-state index < -0.39 is 0 Å². The highest BCUT2D eigenvalue weighted by Gasteiger charge is 2.01. The van der Waals surface area contributed by atoms with E-state index in [9.17, 15) is 0 Å². The molecule has 14 heavy (non-hydrogen) atoms. The highest BCUT2D eigenvalue weighted by molar-refractivity contribution is 6.30. The summed E-state index contributed by atoms with van der Waals surface area (Å²) in [5.74, 6) is 0. The standard InChI is InChI=1S/C12H10ClN/c1-9-4-2-3-5-11(9)12-8-10(13)6-7-14-12/h2-8H,1H3. The Labute approximate surface area is 88.4 Å². The minimum atomic E-state index is 0.721. The van der Waals surface area contributed by atoms with Crippen LogP contribution in [0.1, 0.15) is 5.56 Å². The van der Waals surface area contributed by atoms with Crippen LogP contribution < -0.4 is 0 Å². The predicted molar refractivity (Wildman–Crippen MR) is 59.4 cm³/mol. The fraction of sp³-hybridized carbons (Fsp3) is 0.0833. The minimum absolute atomic E-state index is 0.721. The molecule has 0 amide bonds. The van der Waals surface area contributed by atoms with Crippen molar-refractivity contribution >= 4 is 11.6 Å². The van der Waals surface area contributed by atoms with Crippen LogP contribution in [0.5, 0.6) is 0 Å². The first-order valence-corrected chi connectivity index (χ1v) is 4.83. The third-order valence-corrected chi connectivity index (χ3v) is 2.38. The summed E-state index contributed by atoms with van der Waals surface area (Å²) in [5, 5.41) is 0.721. The number of hydrogen-bond donors (Lipinski definition) is 0. The number of halogens is 1. The number of hydrogen-bond acceptors (Lipinski definition) is 1. The Morgan fingerprint density at radius 3 is 2.64 bits per heavy atom. The van der Waals surface area contributed by atoms with Crippen molar-refractivity contribution in [2.75, 3.05) is 0 Å². The van der Waals surface area contributed by atoms with Gasteiger partial charge in [-0.25, -0.2) is 0 Å². The zero-order chi connectivity index (χ0) is 9.97. The van der Waals surface area contributed by atoms with Crippen LogP contribution in [0.3, 0.4) is 0 Å². The molecule has 0 fully saturated rings. The van der Waals surface area contributed by atoms with Gasteiger partial charge in [0.05, 0.1) is 5.69 Å². The van der Waals surface area contributed by atoms with E-state index in [2.05, 4.69) is 18.0 Å². The summed E-state index contributed by atoms with van der Waals surface area (Å²) >= 11 is 5.91. The molecule has 0 atom stereocenters. The Morgan fingerprint density at radius 2 is 1.93 bits per heavy atom. The van der Waals surface area contributed by atoms with Crippen LogP contribution >= 0.6 is 11.6 Å². The number of nitrogens with zero attached hydrogens (tertiary/aromatic N) is 1. The van der Waals surface area contributed by atoms with Crippen molar-refractivity contribution in [2.45, 2.75) is 6.92 Å². The van der Waals surface area contributed by atoms with Gasteiger partial charge in [0, 0.05) is 16.8 Å². The Morgan fingerprint density at radius 1 is 1.14 bits per heavy atom. The first kappa shape index (κ1) is 9.22. The van der Waals surface area contributed by atoms with Crippen LogP contribution in [-0.2, 0) is 0 Å². The van der Waals surface area contributed by atoms with Crippen LogP contribution in [0.25, 0.3) is 11.3 Å². The molecule has 0 saturated carbocycles. The van der Waals surface area contributed by atoms with Crippen LogP contribution in [0.4, 0.5) is 0 Å². The SMILES string of the molecule is Cc1ccccc1-c1cc(Cl)ccn1. The summed E-state index contributed by atoms with van der Waals surface area (Å²) in [5.41, 5.74) is 3.27. The molecule has 2 heteroatoms. The Hall–Kier alpha value is -1.34. The molecule has 0 aliphatic heterocycles. The Balaban J connectivity index is 2.55. The van der Waals surface area contributed by atoms with Gasteiger partial charge in [0.1, 0.15) is 0 Å². The molecular formula is C12H10ClN. The monoisotopic (exact) mass is 203 g/mol. The zero-order valence-electron chi connectivity index (χ0n) is 7.87. The Bertz CT molecular complexity index is 452. The van der Waals surface area contributed by atoms with Crippen molar-refractivity contribution < 1.29 is 0 Å². The maximum atomic E-state index is 5.91. The molecule has 70 valence electrons. The maximum Gasteiger partial charge on any atom is 0.0719 e. The maximum absolute atomic E-state index is 5.91. The lowest BCUT2D eigenvalue weighted by molar-refractivity contribution is 1.31. The lowest BCUT2D eigenvalue weighted by atomic mass is 10.1. The van der Waals surface area contributed by atoms with E-state index in [4.69, 9.17) is 11.6 Å². The third kappa shape index (κ3) is 1.78. The molecule has 0 aliphatic carbocycles. The summed E-state index contributed by atoms with van der Waals surface area (Å²) in [6, 6.07) is 11.8. The van der Waals surface area contributed by atoms with E-state index in [1.165, 1.54) is 5.56 Å². The van der Waals surface area contributed by atoms with E-state index in [0.29, 0.717) is 0 Å². The van der Waals surface area contributed by atoms with Crippen molar-refractivity contribution in [2.24, 2.45) is 0 Å². The average Bonchev–Trinajstić information content (AvgIpc) is 2.18. The summed E-state index contributed by atoms with van der Waals surface area (Å²) < 4.78 is 0. The lowest BCUT2D eigenvalue weighted by Crippen LogP contribution is -1.85. The smallest absolute Gasteiger partial charge is 0.0719 e. The number of benzene rings is 1. The van der Waals surface area contributed by atoms with Crippen molar-refractivity contribution in [3.05, 3.63) is 53.2 Å². The molecule has 0 unspecified atom stereocenters. The van der Waals surface area contributed by atoms with Gasteiger partial charge in [0.15, 0.2) is 0 Å². The molecule has 1 aromatic heterocycles. The van der Waals surface area contributed by atoms with Gasteiger partial charge in [-0.3, -0.25) is 4.98 Å².